The quantitative estimate of drug-likeness (QED) is 0.823. The third kappa shape index (κ3) is 2.41. The Bertz CT molecular complexity index is 633. The van der Waals surface area contributed by atoms with Gasteiger partial charge in [-0.2, -0.15) is 0 Å². The van der Waals surface area contributed by atoms with E-state index in [2.05, 4.69) is 16.8 Å². The summed E-state index contributed by atoms with van der Waals surface area (Å²) in [4.78, 5) is 13.8. The first-order valence-electron chi connectivity index (χ1n) is 6.58. The number of nitrogens with one attached hydrogen (secondary N) is 1. The number of thiophene rings is 1. The Balaban J connectivity index is 1.85. The number of benzene rings is 1. The fourth-order valence-electron chi connectivity index (χ4n) is 2.64. The highest BCUT2D eigenvalue weighted by Crippen LogP contribution is 2.37. The summed E-state index contributed by atoms with van der Waals surface area (Å²) in [5.74, 6) is -0.121. The molecular formula is C15H15ClN2OS. The largest absolute Gasteiger partial charge is 0.397 e. The van der Waals surface area contributed by atoms with Crippen molar-refractivity contribution < 1.29 is 4.79 Å². The lowest BCUT2D eigenvalue weighted by atomic mass is 9.87. The molecule has 0 bridgehead atoms. The van der Waals surface area contributed by atoms with Crippen molar-refractivity contribution in [2.45, 2.75) is 25.2 Å². The summed E-state index contributed by atoms with van der Waals surface area (Å²) in [6.45, 7) is 0. The predicted molar refractivity (Wildman–Crippen MR) is 84.5 cm³/mol. The molecule has 1 heterocycles. The van der Waals surface area contributed by atoms with Crippen molar-refractivity contribution in [3.63, 3.8) is 0 Å². The number of rotatable bonds is 2. The molecule has 3 rings (SSSR count). The molecule has 3 N–H and O–H groups in total. The van der Waals surface area contributed by atoms with Crippen LogP contribution in [-0.4, -0.2) is 5.91 Å². The van der Waals surface area contributed by atoms with Crippen LogP contribution in [0.25, 0.3) is 0 Å². The third-order valence-corrected chi connectivity index (χ3v) is 4.97. The van der Waals surface area contributed by atoms with Crippen LogP contribution in [-0.2, 0) is 11.2 Å². The van der Waals surface area contributed by atoms with Gasteiger partial charge in [0.15, 0.2) is 0 Å². The maximum atomic E-state index is 12.5. The summed E-state index contributed by atoms with van der Waals surface area (Å²) in [6.07, 6.45) is 2.99. The lowest BCUT2D eigenvalue weighted by molar-refractivity contribution is -0.117. The van der Waals surface area contributed by atoms with Crippen molar-refractivity contribution in [3.8, 4) is 0 Å². The van der Waals surface area contributed by atoms with Gasteiger partial charge in [-0.15, -0.1) is 11.3 Å². The van der Waals surface area contributed by atoms with E-state index < -0.39 is 0 Å². The molecule has 1 unspecified atom stereocenters. The molecule has 0 saturated heterocycles. The van der Waals surface area contributed by atoms with Crippen molar-refractivity contribution in [3.05, 3.63) is 45.1 Å². The number of fused-ring (bicyclic) bond motifs is 1. The van der Waals surface area contributed by atoms with E-state index in [0.29, 0.717) is 16.4 Å². The Morgan fingerprint density at radius 2 is 2.25 bits per heavy atom. The van der Waals surface area contributed by atoms with Crippen LogP contribution in [0.5, 0.6) is 0 Å². The Hall–Kier alpha value is -1.52. The Labute approximate surface area is 126 Å². The minimum Gasteiger partial charge on any atom is -0.397 e. The predicted octanol–water partition coefficient (Wildman–Crippen LogP) is 4.04. The number of nitrogens with two attached hydrogens (primary N) is 1. The summed E-state index contributed by atoms with van der Waals surface area (Å²) < 4.78 is 0. The summed E-state index contributed by atoms with van der Waals surface area (Å²) in [5.41, 5.74) is 8.04. The minimum atomic E-state index is -0.0966. The molecule has 1 atom stereocenters. The molecule has 0 spiro atoms. The molecule has 3 nitrogen and oxygen atoms in total. The van der Waals surface area contributed by atoms with Gasteiger partial charge in [-0.25, -0.2) is 0 Å². The molecule has 1 aromatic heterocycles. The Morgan fingerprint density at radius 3 is 3.05 bits per heavy atom. The molecular weight excluding hydrogens is 292 g/mol. The highest BCUT2D eigenvalue weighted by atomic mass is 35.5. The number of hydrogen-bond donors (Lipinski definition) is 2. The highest BCUT2D eigenvalue weighted by molar-refractivity contribution is 7.10. The van der Waals surface area contributed by atoms with Gasteiger partial charge in [0.05, 0.1) is 22.3 Å². The first kappa shape index (κ1) is 13.5. The van der Waals surface area contributed by atoms with Crippen molar-refractivity contribution in [1.82, 2.24) is 0 Å². The zero-order chi connectivity index (χ0) is 14.1. The molecule has 0 radical (unpaired) electrons. The maximum absolute atomic E-state index is 12.5. The summed E-state index contributed by atoms with van der Waals surface area (Å²) >= 11 is 7.83. The van der Waals surface area contributed by atoms with E-state index in [1.807, 2.05) is 0 Å². The molecule has 1 aromatic carbocycles. The smallest absolute Gasteiger partial charge is 0.232 e. The van der Waals surface area contributed by atoms with Crippen LogP contribution < -0.4 is 11.1 Å². The topological polar surface area (TPSA) is 55.1 Å². The zero-order valence-electron chi connectivity index (χ0n) is 10.9. The van der Waals surface area contributed by atoms with E-state index in [1.54, 1.807) is 29.5 Å². The second-order valence-electron chi connectivity index (χ2n) is 4.94. The van der Waals surface area contributed by atoms with Crippen LogP contribution in [0, 0.1) is 0 Å². The minimum absolute atomic E-state index is 0.0239. The van der Waals surface area contributed by atoms with Crippen molar-refractivity contribution >= 4 is 40.2 Å². The SMILES string of the molecule is Nc1cccc(Cl)c1NC(=O)C1CCCc2sccc21. The number of halogens is 1. The molecule has 0 fully saturated rings. The van der Waals surface area contributed by atoms with Gasteiger partial charge in [-0.3, -0.25) is 4.79 Å². The lowest BCUT2D eigenvalue weighted by Gasteiger charge is -2.22. The number of nitrogen functional groups attached to an aromatic ring is 1. The van der Waals surface area contributed by atoms with Crippen LogP contribution in [0.1, 0.15) is 29.2 Å². The Morgan fingerprint density at radius 1 is 1.40 bits per heavy atom. The van der Waals surface area contributed by atoms with Gasteiger partial charge in [0.2, 0.25) is 5.91 Å². The average molecular weight is 307 g/mol. The van der Waals surface area contributed by atoms with E-state index >= 15 is 0 Å². The van der Waals surface area contributed by atoms with Crippen LogP contribution in [0.4, 0.5) is 11.4 Å². The standard InChI is InChI=1S/C15H15ClN2OS/c16-11-4-2-5-12(17)14(11)18-15(19)10-3-1-6-13-9(10)7-8-20-13/h2,4-5,7-8,10H,1,3,6,17H2,(H,18,19). The van der Waals surface area contributed by atoms with Gasteiger partial charge >= 0.3 is 0 Å². The van der Waals surface area contributed by atoms with Crippen LogP contribution in [0.3, 0.4) is 0 Å². The van der Waals surface area contributed by atoms with Gasteiger partial charge < -0.3 is 11.1 Å². The van der Waals surface area contributed by atoms with E-state index in [1.165, 1.54) is 4.88 Å². The monoisotopic (exact) mass is 306 g/mol. The molecule has 0 aliphatic heterocycles. The molecule has 5 heteroatoms. The Kier molecular flexibility index (Phi) is 3.68. The van der Waals surface area contributed by atoms with Crippen molar-refractivity contribution in [2.24, 2.45) is 0 Å². The number of carbonyl (C=O) groups excluding carboxylic acids is 1. The third-order valence-electron chi connectivity index (χ3n) is 3.66. The number of amides is 1. The van der Waals surface area contributed by atoms with Gasteiger partial charge in [-0.1, -0.05) is 17.7 Å². The fourth-order valence-corrected chi connectivity index (χ4v) is 3.86. The average Bonchev–Trinajstić information content (AvgIpc) is 2.91. The maximum Gasteiger partial charge on any atom is 0.232 e. The van der Waals surface area contributed by atoms with Gasteiger partial charge in [0, 0.05) is 4.88 Å². The molecule has 20 heavy (non-hydrogen) atoms. The first-order valence-corrected chi connectivity index (χ1v) is 7.83. The normalized spacial score (nSPS) is 17.6. The number of carbonyl (C=O) groups is 1. The summed E-state index contributed by atoms with van der Waals surface area (Å²) in [5, 5.41) is 5.42. The van der Waals surface area contributed by atoms with Crippen LogP contribution in [0.15, 0.2) is 29.6 Å². The molecule has 0 saturated carbocycles. The van der Waals surface area contributed by atoms with Crippen molar-refractivity contribution in [2.75, 3.05) is 11.1 Å². The summed E-state index contributed by atoms with van der Waals surface area (Å²) in [7, 11) is 0. The van der Waals surface area contributed by atoms with E-state index in [4.69, 9.17) is 17.3 Å². The van der Waals surface area contributed by atoms with E-state index in [0.717, 1.165) is 24.8 Å². The molecule has 1 amide bonds. The molecule has 104 valence electrons. The van der Waals surface area contributed by atoms with Gasteiger partial charge in [0.25, 0.3) is 0 Å². The van der Waals surface area contributed by atoms with E-state index in [9.17, 15) is 4.79 Å². The van der Waals surface area contributed by atoms with Crippen LogP contribution >= 0.6 is 22.9 Å². The highest BCUT2D eigenvalue weighted by Gasteiger charge is 2.27. The molecule has 1 aliphatic carbocycles. The first-order chi connectivity index (χ1) is 9.66. The lowest BCUT2D eigenvalue weighted by Crippen LogP contribution is -2.24. The van der Waals surface area contributed by atoms with E-state index in [-0.39, 0.29) is 11.8 Å². The van der Waals surface area contributed by atoms with Crippen molar-refractivity contribution in [1.29, 1.82) is 0 Å². The van der Waals surface area contributed by atoms with Gasteiger partial charge in [-0.05, 0) is 48.4 Å². The number of aryl methyl sites for hydroxylation is 1. The molecule has 1 aliphatic rings. The second kappa shape index (κ2) is 5.46. The summed E-state index contributed by atoms with van der Waals surface area (Å²) in [6, 6.07) is 7.28. The second-order valence-corrected chi connectivity index (χ2v) is 6.35. The van der Waals surface area contributed by atoms with Crippen LogP contribution in [0.2, 0.25) is 5.02 Å². The fraction of sp³-hybridized carbons (Fsp3) is 0.267. The molecule has 2 aromatic rings. The van der Waals surface area contributed by atoms with Gasteiger partial charge in [0.1, 0.15) is 0 Å². The zero-order valence-corrected chi connectivity index (χ0v) is 12.4. The number of para-hydroxylation sites is 1. The number of hydrogen-bond acceptors (Lipinski definition) is 3. The number of anilines is 2.